The molecule has 1 amide bonds. The van der Waals surface area contributed by atoms with E-state index in [2.05, 4.69) is 20.7 Å². The molecule has 8 nitrogen and oxygen atoms in total. The number of halogens is 1. The molecule has 0 saturated carbocycles. The summed E-state index contributed by atoms with van der Waals surface area (Å²) in [5.74, 6) is -1.22. The fraction of sp³-hybridized carbons (Fsp3) is 0.273. The van der Waals surface area contributed by atoms with Gasteiger partial charge in [0, 0.05) is 4.47 Å². The van der Waals surface area contributed by atoms with Gasteiger partial charge in [0.1, 0.15) is 0 Å². The third kappa shape index (κ3) is 6.00. The second kappa shape index (κ2) is 6.76. The Balaban J connectivity index is 2.89. The highest BCUT2D eigenvalue weighted by atomic mass is 79.9. The normalized spacial score (nSPS) is 11.0. The van der Waals surface area contributed by atoms with E-state index < -0.39 is 28.4 Å². The fourth-order valence-corrected chi connectivity index (χ4v) is 2.54. The summed E-state index contributed by atoms with van der Waals surface area (Å²) in [6.07, 6.45) is -1.62. The number of carbonyl (C=O) groups is 2. The van der Waals surface area contributed by atoms with Gasteiger partial charge in [-0.2, -0.15) is 8.42 Å². The highest BCUT2D eigenvalue weighted by molar-refractivity contribution is 9.10. The molecule has 0 unspecified atom stereocenters. The molecule has 1 aromatic rings. The molecule has 1 rings (SSSR count). The van der Waals surface area contributed by atoms with Crippen LogP contribution in [0.2, 0.25) is 0 Å². The summed E-state index contributed by atoms with van der Waals surface area (Å²) < 4.78 is 32.1. The Morgan fingerprint density at radius 2 is 1.90 bits per heavy atom. The predicted molar refractivity (Wildman–Crippen MR) is 78.4 cm³/mol. The molecular weight excluding hydrogens is 368 g/mol. The van der Waals surface area contributed by atoms with Crippen molar-refractivity contribution < 1.29 is 27.9 Å². The number of amides is 1. The van der Waals surface area contributed by atoms with Gasteiger partial charge in [0.2, 0.25) is 0 Å². The molecule has 0 aliphatic carbocycles. The average molecular weight is 381 g/mol. The second-order valence-electron chi connectivity index (χ2n) is 4.20. The minimum absolute atomic E-state index is 0.0216. The smallest absolute Gasteiger partial charge is 0.422 e. The molecule has 0 atom stereocenters. The summed E-state index contributed by atoms with van der Waals surface area (Å²) in [4.78, 5) is 22.1. The number of aromatic carboxylic acids is 1. The number of carboxylic acids is 1. The van der Waals surface area contributed by atoms with Gasteiger partial charge in [-0.3, -0.25) is 4.72 Å². The van der Waals surface area contributed by atoms with E-state index in [-0.39, 0.29) is 11.3 Å². The Morgan fingerprint density at radius 3 is 2.43 bits per heavy atom. The van der Waals surface area contributed by atoms with Gasteiger partial charge < -0.3 is 9.84 Å². The van der Waals surface area contributed by atoms with Crippen LogP contribution in [-0.4, -0.2) is 31.7 Å². The average Bonchev–Trinajstić information content (AvgIpc) is 2.24. The molecule has 116 valence electrons. The minimum Gasteiger partial charge on any atom is -0.478 e. The largest absolute Gasteiger partial charge is 0.478 e. The monoisotopic (exact) mass is 380 g/mol. The van der Waals surface area contributed by atoms with Gasteiger partial charge in [-0.05, 0) is 32.0 Å². The summed E-state index contributed by atoms with van der Waals surface area (Å²) in [5, 5.41) is 8.89. The van der Waals surface area contributed by atoms with E-state index in [1.807, 2.05) is 4.72 Å². The molecule has 0 radical (unpaired) electrons. The Morgan fingerprint density at radius 1 is 1.29 bits per heavy atom. The first kappa shape index (κ1) is 17.2. The molecule has 0 saturated heterocycles. The van der Waals surface area contributed by atoms with Gasteiger partial charge in [0.25, 0.3) is 0 Å². The fourth-order valence-electron chi connectivity index (χ4n) is 1.30. The molecule has 1 aromatic carbocycles. The molecule has 3 N–H and O–H groups in total. The molecule has 0 aromatic heterocycles. The third-order valence-electron chi connectivity index (χ3n) is 1.96. The van der Waals surface area contributed by atoms with Crippen LogP contribution in [0.1, 0.15) is 24.2 Å². The Bertz CT molecular complexity index is 659. The van der Waals surface area contributed by atoms with E-state index in [0.717, 1.165) is 6.07 Å². The van der Waals surface area contributed by atoms with Crippen molar-refractivity contribution >= 4 is 43.9 Å². The third-order valence-corrected chi connectivity index (χ3v) is 3.36. The van der Waals surface area contributed by atoms with Gasteiger partial charge in [0.15, 0.2) is 0 Å². The lowest BCUT2D eigenvalue weighted by Crippen LogP contribution is -2.36. The zero-order valence-electron chi connectivity index (χ0n) is 11.1. The van der Waals surface area contributed by atoms with Crippen molar-refractivity contribution in [3.05, 3.63) is 28.2 Å². The number of hydrogen-bond donors (Lipinski definition) is 3. The van der Waals surface area contributed by atoms with Gasteiger partial charge in [-0.25, -0.2) is 14.3 Å². The molecule has 0 heterocycles. The van der Waals surface area contributed by atoms with Crippen molar-refractivity contribution in [3.63, 3.8) is 0 Å². The lowest BCUT2D eigenvalue weighted by atomic mass is 10.2. The van der Waals surface area contributed by atoms with E-state index in [9.17, 15) is 18.0 Å². The van der Waals surface area contributed by atoms with Crippen LogP contribution in [0.15, 0.2) is 22.7 Å². The minimum atomic E-state index is -4.23. The zero-order chi connectivity index (χ0) is 16.2. The van der Waals surface area contributed by atoms with Crippen molar-refractivity contribution in [1.82, 2.24) is 4.72 Å². The topological polar surface area (TPSA) is 122 Å². The van der Waals surface area contributed by atoms with Crippen LogP contribution in [-0.2, 0) is 14.9 Å². The predicted octanol–water partition coefficient (Wildman–Crippen LogP) is 1.94. The maximum Gasteiger partial charge on any atom is 0.422 e. The van der Waals surface area contributed by atoms with E-state index in [1.54, 1.807) is 18.6 Å². The van der Waals surface area contributed by atoms with Crippen molar-refractivity contribution in [1.29, 1.82) is 0 Å². The van der Waals surface area contributed by atoms with Crippen LogP contribution >= 0.6 is 15.9 Å². The van der Waals surface area contributed by atoms with Crippen LogP contribution in [0.5, 0.6) is 0 Å². The summed E-state index contributed by atoms with van der Waals surface area (Å²) in [6, 6.07) is 3.76. The van der Waals surface area contributed by atoms with Crippen LogP contribution in [0.4, 0.5) is 10.5 Å². The molecule has 21 heavy (non-hydrogen) atoms. The number of anilines is 1. The maximum absolute atomic E-state index is 11.7. The quantitative estimate of drug-likeness (QED) is 0.717. The van der Waals surface area contributed by atoms with Crippen LogP contribution < -0.4 is 9.44 Å². The number of carboxylic acid groups (broad SMARTS) is 1. The van der Waals surface area contributed by atoms with Gasteiger partial charge >= 0.3 is 22.3 Å². The molecule has 0 aliphatic rings. The number of hydrogen-bond acceptors (Lipinski definition) is 5. The van der Waals surface area contributed by atoms with Crippen molar-refractivity contribution in [2.75, 3.05) is 4.72 Å². The first-order valence-electron chi connectivity index (χ1n) is 5.64. The number of nitrogens with one attached hydrogen (secondary N) is 2. The molecule has 10 heteroatoms. The SMILES string of the molecule is CC(C)OC(=O)NS(=O)(=O)Nc1cc(Br)cc(C(=O)O)c1. The number of rotatable bonds is 5. The van der Waals surface area contributed by atoms with E-state index >= 15 is 0 Å². The highest BCUT2D eigenvalue weighted by Gasteiger charge is 2.17. The second-order valence-corrected chi connectivity index (χ2v) is 6.53. The summed E-state index contributed by atoms with van der Waals surface area (Å²) in [7, 11) is -4.23. The zero-order valence-corrected chi connectivity index (χ0v) is 13.5. The van der Waals surface area contributed by atoms with Crippen LogP contribution in [0, 0.1) is 0 Å². The van der Waals surface area contributed by atoms with Gasteiger partial charge in [-0.15, -0.1) is 0 Å². The van der Waals surface area contributed by atoms with Crippen molar-refractivity contribution in [2.45, 2.75) is 20.0 Å². The number of carbonyl (C=O) groups excluding carboxylic acids is 1. The Labute approximate surface area is 129 Å². The lowest BCUT2D eigenvalue weighted by molar-refractivity contribution is 0.0696. The van der Waals surface area contributed by atoms with Gasteiger partial charge in [-0.1, -0.05) is 15.9 Å². The molecular formula is C11H13BrN2O6S. The highest BCUT2D eigenvalue weighted by Crippen LogP contribution is 2.20. The lowest BCUT2D eigenvalue weighted by Gasteiger charge is -2.12. The summed E-state index contributed by atoms with van der Waals surface area (Å²) >= 11 is 3.06. The Hall–Kier alpha value is -1.81. The van der Waals surface area contributed by atoms with E-state index in [4.69, 9.17) is 5.11 Å². The summed E-state index contributed by atoms with van der Waals surface area (Å²) in [5.41, 5.74) is -0.140. The van der Waals surface area contributed by atoms with Crippen molar-refractivity contribution in [2.24, 2.45) is 0 Å². The number of benzene rings is 1. The Kier molecular flexibility index (Phi) is 5.55. The molecule has 0 fully saturated rings. The maximum atomic E-state index is 11.7. The standard InChI is InChI=1S/C11H13BrN2O6S/c1-6(2)20-11(17)14-21(18,19)13-9-4-7(10(15)16)3-8(12)5-9/h3-6,13H,1-2H3,(H,14,17)(H,15,16). The number of ether oxygens (including phenoxy) is 1. The van der Waals surface area contributed by atoms with E-state index in [1.165, 1.54) is 12.1 Å². The molecule has 0 bridgehead atoms. The first-order valence-corrected chi connectivity index (χ1v) is 7.92. The molecule has 0 aliphatic heterocycles. The van der Waals surface area contributed by atoms with Crippen molar-refractivity contribution in [3.8, 4) is 0 Å². The van der Waals surface area contributed by atoms with Crippen LogP contribution in [0.25, 0.3) is 0 Å². The van der Waals surface area contributed by atoms with E-state index in [0.29, 0.717) is 4.47 Å². The summed E-state index contributed by atoms with van der Waals surface area (Å²) in [6.45, 7) is 3.13. The van der Waals surface area contributed by atoms with Gasteiger partial charge in [0.05, 0.1) is 17.4 Å². The van der Waals surface area contributed by atoms with Crippen LogP contribution in [0.3, 0.4) is 0 Å². The first-order chi connectivity index (χ1) is 9.59. The molecule has 0 spiro atoms.